The number of pyridine rings is 1. The monoisotopic (exact) mass is 1180 g/mol. The van der Waals surface area contributed by atoms with Gasteiger partial charge < -0.3 is 0 Å². The topological polar surface area (TPSA) is 40.1 Å². The van der Waals surface area contributed by atoms with Crippen molar-refractivity contribution < 1.29 is 40.5 Å². The van der Waals surface area contributed by atoms with Crippen LogP contribution in [0.25, 0.3) is 99.8 Å². The molecule has 0 spiro atoms. The van der Waals surface area contributed by atoms with Gasteiger partial charge in [0.15, 0.2) is 0 Å². The number of anilines is 2. The molecule has 0 aliphatic carbocycles. The molecule has 0 amide bonds. The van der Waals surface area contributed by atoms with Crippen LogP contribution in [0.4, 0.5) is 11.5 Å². The fraction of sp³-hybridized carbons (Fsp3) is 0.0435. The number of rotatable bonds is 8. The minimum absolute atomic E-state index is 0.0300. The third-order valence-electron chi connectivity index (χ3n) is 14.8. The summed E-state index contributed by atoms with van der Waals surface area (Å²) in [4.78, 5) is 7.16. The molecule has 2 aliphatic heterocycles. The zero-order valence-corrected chi connectivity index (χ0v) is 42.9. The van der Waals surface area contributed by atoms with E-state index in [0.29, 0.717) is 22.5 Å². The Morgan fingerprint density at radius 2 is 1.21 bits per heavy atom. The van der Waals surface area contributed by atoms with Crippen LogP contribution < -0.4 is 15.0 Å². The summed E-state index contributed by atoms with van der Waals surface area (Å²) in [5, 5.41) is 1.73. The van der Waals surface area contributed by atoms with Crippen LogP contribution in [-0.4, -0.2) is 25.6 Å². The standard InChI is InChI=1S/C69H46BN5O.Pt/c1-44-31-34-49(35-32-44)54-24-15-25-55(50-38-36-48(37-39-50)47-17-6-4-7-18-47)66(54)73-43-72(61-28-12-13-29-62(61)73)52-21-14-22-53(42-52)76-69-64(51-19-8-5-9-20-51)46(3)65-58-41-45(2)33-40-59(58)70-74-60-27-11-10-23-56(60)57-26-16-30-63(67(57)74)75(70)68(65)71-69;/h4-29,31-41H,1-3H3;/q-2;/i1D3,2D3,3D3,33D,40D,41D;. The van der Waals surface area contributed by atoms with Crippen LogP contribution in [0.15, 0.2) is 224 Å². The molecule has 0 unspecified atom stereocenters. The van der Waals surface area contributed by atoms with Gasteiger partial charge in [0.2, 0.25) is 0 Å². The van der Waals surface area contributed by atoms with Crippen molar-refractivity contribution in [1.82, 2.24) is 18.6 Å². The number of nitrogens with zero attached hydrogens (tertiary/aromatic N) is 5. The second-order valence-corrected chi connectivity index (χ2v) is 20.1. The Kier molecular flexibility index (Phi) is 7.98. The number of benzene rings is 10. The summed E-state index contributed by atoms with van der Waals surface area (Å²) in [6, 6.07) is 70.6. The van der Waals surface area contributed by atoms with Gasteiger partial charge in [-0.3, -0.25) is 0 Å². The van der Waals surface area contributed by atoms with Gasteiger partial charge in [-0.15, -0.1) is 5.39 Å². The second kappa shape index (κ2) is 17.8. The molecule has 0 fully saturated rings. The van der Waals surface area contributed by atoms with Crippen LogP contribution in [-0.2, 0) is 19.4 Å². The number of fused-ring (bicyclic) bond motifs is 12. The normalized spacial score (nSPS) is 15.1. The summed E-state index contributed by atoms with van der Waals surface area (Å²) in [5.74, 6) is 0.0679. The van der Waals surface area contributed by atoms with Gasteiger partial charge in [-0.1, -0.05) is 35.8 Å². The minimum Gasteiger partial charge on any atom is -0.174 e. The average molecular weight is 1180 g/mol. The quantitative estimate of drug-likeness (QED) is 0.112. The Hall–Kier alpha value is -9.03. The van der Waals surface area contributed by atoms with Crippen molar-refractivity contribution in [2.45, 2.75) is 20.6 Å². The molecule has 0 radical (unpaired) electrons. The van der Waals surface area contributed by atoms with E-state index in [9.17, 15) is 8.22 Å². The fourth-order valence-corrected chi connectivity index (χ4v) is 12.6. The first-order valence-corrected chi connectivity index (χ1v) is 26.2. The molecule has 6 nitrogen and oxygen atoms in total. The summed E-state index contributed by atoms with van der Waals surface area (Å²) in [5.41, 5.74) is 10.2. The van der Waals surface area contributed by atoms with Crippen molar-refractivity contribution in [1.29, 1.82) is 0 Å². The molecule has 2 aliphatic rings. The van der Waals surface area contributed by atoms with E-state index in [-0.39, 0.29) is 50.7 Å². The van der Waals surface area contributed by atoms with Crippen LogP contribution >= 0.6 is 0 Å². The first-order valence-electron chi connectivity index (χ1n) is 31.1. The van der Waals surface area contributed by atoms with Gasteiger partial charge >= 0.3 is 392 Å². The van der Waals surface area contributed by atoms with E-state index in [1.54, 1.807) is 59.4 Å². The molecule has 3 aromatic heterocycles. The van der Waals surface area contributed by atoms with Gasteiger partial charge in [0.1, 0.15) is 0 Å². The first-order chi connectivity index (χ1) is 42.8. The second-order valence-electron chi connectivity index (χ2n) is 19.1. The predicted octanol–water partition coefficient (Wildman–Crippen LogP) is 16.4. The van der Waals surface area contributed by atoms with Crippen LogP contribution in [0, 0.1) is 36.5 Å². The zero-order valence-electron chi connectivity index (χ0n) is 52.7. The number of imidazole rings is 1. The maximum atomic E-state index is 9.88. The smallest absolute Gasteiger partial charge is 0.174 e. The summed E-state index contributed by atoms with van der Waals surface area (Å²) in [6.45, 7) is -9.39. The number of aryl methyl sites for hydroxylation is 1. The first kappa shape index (κ1) is 34.5. The molecular weight excluding hydrogens is 1120 g/mol. The average Bonchev–Trinajstić information content (AvgIpc) is 1.60. The molecule has 13 aromatic rings. The van der Waals surface area contributed by atoms with Gasteiger partial charge in [-0.2, -0.15) is 12.1 Å². The SMILES string of the molecule is [2H]c1c([2H])c(C([2H])([2H])[2H])c([2H])c2c1B1N(c3nc(Oc4[c-]c(-n5[c](=[Pt])n(-c6c(-c7ccc(-c8ccccc8)cc7)cccc6-c6ccc(C([2H])([2H])[2H])cc6)c6ccccc65)ccc4)c(-c4ccccc4)c(C([2H])([2H])[2H])c3-2)c2[c-]ccc3c4ccccc4n1c23. The number of ether oxygens (including phenoxy) is 1. The summed E-state index contributed by atoms with van der Waals surface area (Å²) >= 11 is 2.33. The number of para-hydroxylation sites is 4. The van der Waals surface area contributed by atoms with Crippen LogP contribution in [0.5, 0.6) is 11.6 Å². The van der Waals surface area contributed by atoms with E-state index in [2.05, 4.69) is 83.1 Å². The van der Waals surface area contributed by atoms with Crippen molar-refractivity contribution in [3.8, 4) is 78.6 Å². The summed E-state index contributed by atoms with van der Waals surface area (Å²) in [6.07, 6.45) is 0. The van der Waals surface area contributed by atoms with Crippen molar-refractivity contribution in [2.24, 2.45) is 0 Å². The molecule has 5 heterocycles. The summed E-state index contributed by atoms with van der Waals surface area (Å²) < 4.78 is 122. The molecule has 15 rings (SSSR count). The fourth-order valence-electron chi connectivity index (χ4n) is 11.5. The molecule has 0 saturated heterocycles. The predicted molar refractivity (Wildman–Crippen MR) is 312 cm³/mol. The molecule has 0 saturated carbocycles. The molecule has 77 heavy (non-hydrogen) atoms. The van der Waals surface area contributed by atoms with E-state index >= 15 is 0 Å². The molecular formula is C69H46BN5OPt-2. The zero-order chi connectivity index (χ0) is 61.6. The van der Waals surface area contributed by atoms with Gasteiger partial charge in [-0.25, -0.2) is 0 Å². The van der Waals surface area contributed by atoms with Gasteiger partial charge in [0.25, 0.3) is 0 Å². The Morgan fingerprint density at radius 1 is 0.558 bits per heavy atom. The number of hydrogen-bond donors (Lipinski definition) is 0. The van der Waals surface area contributed by atoms with Crippen molar-refractivity contribution in [3.63, 3.8) is 0 Å². The molecule has 0 N–H and O–H groups in total. The van der Waals surface area contributed by atoms with Crippen molar-refractivity contribution in [2.75, 3.05) is 4.81 Å². The van der Waals surface area contributed by atoms with Gasteiger partial charge in [-0.05, 0) is 18.3 Å². The van der Waals surface area contributed by atoms with Crippen molar-refractivity contribution >= 4 is 56.8 Å². The van der Waals surface area contributed by atoms with E-state index in [4.69, 9.17) is 17.9 Å². The Labute approximate surface area is 474 Å². The minimum atomic E-state index is -3.03. The Balaban J connectivity index is 0.952. The third kappa shape index (κ3) is 7.07. The van der Waals surface area contributed by atoms with E-state index in [1.165, 1.54) is 0 Å². The maximum absolute atomic E-state index is 9.88. The molecule has 368 valence electrons. The van der Waals surface area contributed by atoms with Crippen LogP contribution in [0.2, 0.25) is 0 Å². The number of aromatic nitrogens is 4. The molecule has 8 heteroatoms. The van der Waals surface area contributed by atoms with Crippen LogP contribution in [0.1, 0.15) is 33.1 Å². The Morgan fingerprint density at radius 3 is 1.95 bits per heavy atom. The Bertz CT molecular complexity index is 5140. The molecule has 0 bridgehead atoms. The summed E-state index contributed by atoms with van der Waals surface area (Å²) in [7, 11) is 0. The van der Waals surface area contributed by atoms with E-state index < -0.39 is 51.2 Å². The van der Waals surface area contributed by atoms with E-state index in [1.807, 2.05) is 114 Å². The van der Waals surface area contributed by atoms with E-state index in [0.717, 1.165) is 70.2 Å². The van der Waals surface area contributed by atoms with Crippen molar-refractivity contribution in [3.05, 3.63) is 257 Å². The molecule has 0 atom stereocenters. The third-order valence-corrected chi connectivity index (χ3v) is 15.8. The molecule has 10 aromatic carbocycles. The van der Waals surface area contributed by atoms with Crippen LogP contribution in [0.3, 0.4) is 0 Å². The van der Waals surface area contributed by atoms with Gasteiger partial charge in [0.05, 0.1) is 4.11 Å². The van der Waals surface area contributed by atoms with Gasteiger partial charge in [0, 0.05) is 9.63 Å². The number of hydrogen-bond acceptors (Lipinski definition) is 3.